The van der Waals surface area contributed by atoms with Crippen molar-refractivity contribution in [1.82, 2.24) is 5.43 Å². The molecule has 1 amide bonds. The van der Waals surface area contributed by atoms with Crippen LogP contribution in [0.4, 0.5) is 5.69 Å². The van der Waals surface area contributed by atoms with E-state index in [1.807, 2.05) is 24.3 Å². The van der Waals surface area contributed by atoms with Crippen molar-refractivity contribution in [2.45, 2.75) is 13.8 Å². The minimum absolute atomic E-state index is 0.0696. The fourth-order valence-corrected chi connectivity index (χ4v) is 1.88. The van der Waals surface area contributed by atoms with E-state index in [1.165, 1.54) is 30.5 Å². The Labute approximate surface area is 145 Å². The first-order chi connectivity index (χ1) is 12.0. The van der Waals surface area contributed by atoms with E-state index >= 15 is 0 Å². The van der Waals surface area contributed by atoms with E-state index < -0.39 is 10.8 Å². The summed E-state index contributed by atoms with van der Waals surface area (Å²) >= 11 is 0. The first-order valence-corrected chi connectivity index (χ1v) is 7.76. The minimum atomic E-state index is -0.519. The van der Waals surface area contributed by atoms with Gasteiger partial charge in [0.05, 0.1) is 17.7 Å². The van der Waals surface area contributed by atoms with Crippen molar-refractivity contribution < 1.29 is 14.5 Å². The number of carbonyl (C=O) groups excluding carboxylic acids is 1. The van der Waals surface area contributed by atoms with E-state index in [1.54, 1.807) is 0 Å². The third-order valence-electron chi connectivity index (χ3n) is 3.18. The van der Waals surface area contributed by atoms with E-state index in [4.69, 9.17) is 4.74 Å². The Hall–Kier alpha value is -3.22. The van der Waals surface area contributed by atoms with E-state index in [9.17, 15) is 14.9 Å². The SMILES string of the molecule is CC(C)COc1ccc(/C=N\NC(=O)c2ccc([N+](=O)[O-])cc2)cc1. The van der Waals surface area contributed by atoms with Crippen molar-refractivity contribution in [1.29, 1.82) is 0 Å². The Bertz CT molecular complexity index is 753. The van der Waals surface area contributed by atoms with Gasteiger partial charge in [-0.2, -0.15) is 5.10 Å². The summed E-state index contributed by atoms with van der Waals surface area (Å²) in [7, 11) is 0. The van der Waals surface area contributed by atoms with Gasteiger partial charge < -0.3 is 4.74 Å². The molecule has 130 valence electrons. The molecular weight excluding hydrogens is 322 g/mol. The number of hydrogen-bond donors (Lipinski definition) is 1. The van der Waals surface area contributed by atoms with Crippen molar-refractivity contribution in [2.75, 3.05) is 6.61 Å². The van der Waals surface area contributed by atoms with Crippen LogP contribution in [0.5, 0.6) is 5.75 Å². The van der Waals surface area contributed by atoms with Gasteiger partial charge in [-0.05, 0) is 47.9 Å². The van der Waals surface area contributed by atoms with E-state index in [0.717, 1.165) is 11.3 Å². The van der Waals surface area contributed by atoms with Crippen LogP contribution in [-0.2, 0) is 0 Å². The summed E-state index contributed by atoms with van der Waals surface area (Å²) in [5.74, 6) is 0.791. The number of benzene rings is 2. The van der Waals surface area contributed by atoms with Crippen LogP contribution in [0.1, 0.15) is 29.8 Å². The van der Waals surface area contributed by atoms with Gasteiger partial charge in [-0.1, -0.05) is 13.8 Å². The van der Waals surface area contributed by atoms with Gasteiger partial charge in [-0.15, -0.1) is 0 Å². The van der Waals surface area contributed by atoms with Crippen LogP contribution in [0.25, 0.3) is 0 Å². The molecule has 0 aliphatic heterocycles. The molecule has 2 aromatic rings. The zero-order valence-electron chi connectivity index (χ0n) is 14.0. The molecule has 0 heterocycles. The lowest BCUT2D eigenvalue weighted by molar-refractivity contribution is -0.384. The molecule has 25 heavy (non-hydrogen) atoms. The van der Waals surface area contributed by atoms with E-state index in [2.05, 4.69) is 24.4 Å². The number of nitrogens with one attached hydrogen (secondary N) is 1. The van der Waals surface area contributed by atoms with Crippen LogP contribution in [0.2, 0.25) is 0 Å². The summed E-state index contributed by atoms with van der Waals surface area (Å²) < 4.78 is 5.59. The third-order valence-corrected chi connectivity index (χ3v) is 3.18. The smallest absolute Gasteiger partial charge is 0.271 e. The first kappa shape index (κ1) is 18.1. The normalized spacial score (nSPS) is 10.8. The second kappa shape index (κ2) is 8.58. The maximum atomic E-state index is 11.9. The molecule has 0 radical (unpaired) electrons. The molecule has 0 fully saturated rings. The lowest BCUT2D eigenvalue weighted by Crippen LogP contribution is -2.17. The maximum absolute atomic E-state index is 11.9. The lowest BCUT2D eigenvalue weighted by Gasteiger charge is -2.08. The Balaban J connectivity index is 1.89. The molecule has 0 aromatic heterocycles. The Kier molecular flexibility index (Phi) is 6.22. The van der Waals surface area contributed by atoms with Gasteiger partial charge in [-0.3, -0.25) is 14.9 Å². The fourth-order valence-electron chi connectivity index (χ4n) is 1.88. The summed E-state index contributed by atoms with van der Waals surface area (Å²) in [6.07, 6.45) is 1.51. The number of nitro benzene ring substituents is 1. The third kappa shape index (κ3) is 5.72. The lowest BCUT2D eigenvalue weighted by atomic mass is 10.2. The number of nitrogens with zero attached hydrogens (tertiary/aromatic N) is 2. The Morgan fingerprint density at radius 3 is 2.40 bits per heavy atom. The fraction of sp³-hybridized carbons (Fsp3) is 0.222. The molecule has 2 aromatic carbocycles. The number of hydrazone groups is 1. The van der Waals surface area contributed by atoms with Crippen molar-refractivity contribution >= 4 is 17.8 Å². The Morgan fingerprint density at radius 1 is 1.20 bits per heavy atom. The summed E-state index contributed by atoms with van der Waals surface area (Å²) in [6.45, 7) is 4.81. The second-order valence-corrected chi connectivity index (χ2v) is 5.78. The summed E-state index contributed by atoms with van der Waals surface area (Å²) in [6, 6.07) is 12.6. The quantitative estimate of drug-likeness (QED) is 0.474. The molecule has 1 N–H and O–H groups in total. The zero-order valence-corrected chi connectivity index (χ0v) is 14.0. The van der Waals surface area contributed by atoms with Crippen LogP contribution in [0.3, 0.4) is 0 Å². The second-order valence-electron chi connectivity index (χ2n) is 5.78. The predicted molar refractivity (Wildman–Crippen MR) is 94.9 cm³/mol. The number of nitro groups is 1. The Morgan fingerprint density at radius 2 is 1.84 bits per heavy atom. The van der Waals surface area contributed by atoms with Crippen molar-refractivity contribution in [3.05, 3.63) is 69.8 Å². The molecule has 0 atom stereocenters. The highest BCUT2D eigenvalue weighted by molar-refractivity contribution is 5.95. The van der Waals surface area contributed by atoms with Gasteiger partial charge >= 0.3 is 0 Å². The van der Waals surface area contributed by atoms with Gasteiger partial charge in [-0.25, -0.2) is 5.43 Å². The molecule has 2 rings (SSSR count). The monoisotopic (exact) mass is 341 g/mol. The molecule has 7 heteroatoms. The highest BCUT2D eigenvalue weighted by Gasteiger charge is 2.08. The van der Waals surface area contributed by atoms with Gasteiger partial charge in [0, 0.05) is 17.7 Å². The molecule has 0 unspecified atom stereocenters. The van der Waals surface area contributed by atoms with Crippen LogP contribution in [-0.4, -0.2) is 23.7 Å². The molecule has 0 spiro atoms. The predicted octanol–water partition coefficient (Wildman–Crippen LogP) is 3.39. The van der Waals surface area contributed by atoms with Crippen molar-refractivity contribution in [3.8, 4) is 5.75 Å². The van der Waals surface area contributed by atoms with Gasteiger partial charge in [0.2, 0.25) is 0 Å². The number of amides is 1. The largest absolute Gasteiger partial charge is 0.493 e. The molecule has 7 nitrogen and oxygen atoms in total. The zero-order chi connectivity index (χ0) is 18.2. The average Bonchev–Trinajstić information content (AvgIpc) is 2.61. The topological polar surface area (TPSA) is 93.8 Å². The molecular formula is C18H19N3O4. The average molecular weight is 341 g/mol. The number of rotatable bonds is 7. The van der Waals surface area contributed by atoms with Crippen molar-refractivity contribution in [2.24, 2.45) is 11.0 Å². The van der Waals surface area contributed by atoms with E-state index in [0.29, 0.717) is 18.1 Å². The molecule has 0 bridgehead atoms. The number of ether oxygens (including phenoxy) is 1. The van der Waals surface area contributed by atoms with Crippen molar-refractivity contribution in [3.63, 3.8) is 0 Å². The number of hydrogen-bond acceptors (Lipinski definition) is 5. The van der Waals surface area contributed by atoms with Crippen LogP contribution < -0.4 is 10.2 Å². The summed E-state index contributed by atoms with van der Waals surface area (Å²) in [5, 5.41) is 14.5. The van der Waals surface area contributed by atoms with Crippen LogP contribution >= 0.6 is 0 Å². The summed E-state index contributed by atoms with van der Waals surface area (Å²) in [4.78, 5) is 22.0. The molecule has 0 aliphatic rings. The highest BCUT2D eigenvalue weighted by atomic mass is 16.6. The molecule has 0 saturated carbocycles. The highest BCUT2D eigenvalue weighted by Crippen LogP contribution is 2.13. The van der Waals surface area contributed by atoms with Gasteiger partial charge in [0.15, 0.2) is 0 Å². The van der Waals surface area contributed by atoms with Gasteiger partial charge in [0.25, 0.3) is 11.6 Å². The first-order valence-electron chi connectivity index (χ1n) is 7.76. The van der Waals surface area contributed by atoms with E-state index in [-0.39, 0.29) is 5.69 Å². The number of carbonyl (C=O) groups is 1. The number of non-ortho nitro benzene ring substituents is 1. The van der Waals surface area contributed by atoms with Crippen LogP contribution in [0, 0.1) is 16.0 Å². The molecule has 0 aliphatic carbocycles. The van der Waals surface area contributed by atoms with Crippen LogP contribution in [0.15, 0.2) is 53.6 Å². The van der Waals surface area contributed by atoms with Gasteiger partial charge in [0.1, 0.15) is 5.75 Å². The maximum Gasteiger partial charge on any atom is 0.271 e. The summed E-state index contributed by atoms with van der Waals surface area (Å²) in [5.41, 5.74) is 3.41. The minimum Gasteiger partial charge on any atom is -0.493 e. The molecule has 0 saturated heterocycles. The standard InChI is InChI=1S/C18H19N3O4/c1-13(2)12-25-17-9-3-14(4-10-17)11-19-20-18(22)15-5-7-16(8-6-15)21(23)24/h3-11,13H,12H2,1-2H3,(H,20,22)/b19-11-.